The highest BCUT2D eigenvalue weighted by atomic mass is 16.7. The van der Waals surface area contributed by atoms with Crippen molar-refractivity contribution in [1.82, 2.24) is 0 Å². The van der Waals surface area contributed by atoms with E-state index in [0.29, 0.717) is 13.2 Å². The normalized spacial score (nSPS) is 15.4. The average molecular weight is 206 g/mol. The summed E-state index contributed by atoms with van der Waals surface area (Å²) in [6, 6.07) is 0. The SMILES string of the molecule is CCC(OCOCCOC)C(C)CO. The molecule has 0 rings (SSSR count). The van der Waals surface area contributed by atoms with E-state index < -0.39 is 0 Å². The van der Waals surface area contributed by atoms with Gasteiger partial charge in [0.05, 0.1) is 19.3 Å². The van der Waals surface area contributed by atoms with Crippen molar-refractivity contribution < 1.29 is 19.3 Å². The molecule has 0 spiro atoms. The maximum absolute atomic E-state index is 8.94. The quantitative estimate of drug-likeness (QED) is 0.452. The topological polar surface area (TPSA) is 47.9 Å². The van der Waals surface area contributed by atoms with Crippen LogP contribution in [0.25, 0.3) is 0 Å². The minimum absolute atomic E-state index is 0.0718. The molecule has 14 heavy (non-hydrogen) atoms. The molecule has 0 saturated heterocycles. The zero-order valence-corrected chi connectivity index (χ0v) is 9.36. The van der Waals surface area contributed by atoms with E-state index >= 15 is 0 Å². The van der Waals surface area contributed by atoms with Crippen molar-refractivity contribution in [2.24, 2.45) is 5.92 Å². The zero-order chi connectivity index (χ0) is 10.8. The number of aliphatic hydroxyl groups is 1. The third-order valence-corrected chi connectivity index (χ3v) is 2.12. The van der Waals surface area contributed by atoms with E-state index in [1.807, 2.05) is 13.8 Å². The lowest BCUT2D eigenvalue weighted by molar-refractivity contribution is -0.116. The van der Waals surface area contributed by atoms with Crippen LogP contribution in [0.1, 0.15) is 20.3 Å². The molecular formula is C10H22O4. The molecule has 0 heterocycles. The van der Waals surface area contributed by atoms with Gasteiger partial charge in [0.15, 0.2) is 0 Å². The van der Waals surface area contributed by atoms with Crippen LogP contribution in [0.4, 0.5) is 0 Å². The van der Waals surface area contributed by atoms with Gasteiger partial charge in [0.1, 0.15) is 6.79 Å². The van der Waals surface area contributed by atoms with Crippen LogP contribution in [0.5, 0.6) is 0 Å². The van der Waals surface area contributed by atoms with Gasteiger partial charge in [0, 0.05) is 19.6 Å². The highest BCUT2D eigenvalue weighted by molar-refractivity contribution is 4.62. The van der Waals surface area contributed by atoms with Crippen LogP contribution >= 0.6 is 0 Å². The summed E-state index contributed by atoms with van der Waals surface area (Å²) < 4.78 is 15.4. The molecule has 2 unspecified atom stereocenters. The van der Waals surface area contributed by atoms with Gasteiger partial charge < -0.3 is 19.3 Å². The Bertz CT molecular complexity index is 119. The van der Waals surface area contributed by atoms with Crippen LogP contribution < -0.4 is 0 Å². The Balaban J connectivity index is 3.42. The van der Waals surface area contributed by atoms with Gasteiger partial charge in [-0.1, -0.05) is 13.8 Å². The van der Waals surface area contributed by atoms with Crippen LogP contribution in [-0.4, -0.2) is 44.9 Å². The Morgan fingerprint density at radius 3 is 2.50 bits per heavy atom. The lowest BCUT2D eigenvalue weighted by Crippen LogP contribution is -2.25. The summed E-state index contributed by atoms with van der Waals surface area (Å²) >= 11 is 0. The summed E-state index contributed by atoms with van der Waals surface area (Å²) in [5.74, 6) is 0.158. The molecule has 0 aliphatic carbocycles. The number of ether oxygens (including phenoxy) is 3. The van der Waals surface area contributed by atoms with E-state index in [0.717, 1.165) is 6.42 Å². The van der Waals surface area contributed by atoms with Gasteiger partial charge in [-0.05, 0) is 6.42 Å². The number of methoxy groups -OCH3 is 1. The Hall–Kier alpha value is -0.160. The molecule has 86 valence electrons. The molecule has 0 aromatic carbocycles. The fraction of sp³-hybridized carbons (Fsp3) is 1.00. The first-order valence-corrected chi connectivity index (χ1v) is 5.05. The van der Waals surface area contributed by atoms with Gasteiger partial charge in [-0.3, -0.25) is 0 Å². The van der Waals surface area contributed by atoms with Gasteiger partial charge in [0.25, 0.3) is 0 Å². The number of hydrogen-bond donors (Lipinski definition) is 1. The Labute approximate surface area is 86.2 Å². The van der Waals surface area contributed by atoms with Crippen LogP contribution in [-0.2, 0) is 14.2 Å². The molecule has 0 saturated carbocycles. The predicted molar refractivity (Wildman–Crippen MR) is 54.1 cm³/mol. The lowest BCUT2D eigenvalue weighted by Gasteiger charge is -2.21. The van der Waals surface area contributed by atoms with Crippen LogP contribution in [0, 0.1) is 5.92 Å². The maximum Gasteiger partial charge on any atom is 0.147 e. The summed E-state index contributed by atoms with van der Waals surface area (Å²) in [6.45, 7) is 5.54. The molecule has 0 aliphatic rings. The molecule has 1 N–H and O–H groups in total. The second-order valence-corrected chi connectivity index (χ2v) is 3.29. The summed E-state index contributed by atoms with van der Waals surface area (Å²) in [5.41, 5.74) is 0. The van der Waals surface area contributed by atoms with Crippen molar-refractivity contribution in [3.8, 4) is 0 Å². The average Bonchev–Trinajstić information content (AvgIpc) is 2.22. The molecule has 0 aliphatic heterocycles. The summed E-state index contributed by atoms with van der Waals surface area (Å²) in [4.78, 5) is 0. The Kier molecular flexibility index (Phi) is 9.29. The third-order valence-electron chi connectivity index (χ3n) is 2.12. The number of aliphatic hydroxyl groups excluding tert-OH is 1. The summed E-state index contributed by atoms with van der Waals surface area (Å²) in [7, 11) is 1.63. The molecule has 0 fully saturated rings. The highest BCUT2D eigenvalue weighted by Crippen LogP contribution is 2.10. The maximum atomic E-state index is 8.94. The van der Waals surface area contributed by atoms with Gasteiger partial charge in [-0.15, -0.1) is 0 Å². The molecular weight excluding hydrogens is 184 g/mol. The first kappa shape index (κ1) is 13.8. The van der Waals surface area contributed by atoms with Crippen molar-refractivity contribution >= 4 is 0 Å². The van der Waals surface area contributed by atoms with Gasteiger partial charge in [-0.25, -0.2) is 0 Å². The third kappa shape index (κ3) is 6.32. The summed E-state index contributed by atoms with van der Waals surface area (Å²) in [5, 5.41) is 8.94. The molecule has 0 radical (unpaired) electrons. The molecule has 0 bridgehead atoms. The van der Waals surface area contributed by atoms with Gasteiger partial charge in [0.2, 0.25) is 0 Å². The van der Waals surface area contributed by atoms with Crippen molar-refractivity contribution in [3.05, 3.63) is 0 Å². The van der Waals surface area contributed by atoms with Gasteiger partial charge >= 0.3 is 0 Å². The van der Waals surface area contributed by atoms with Crippen molar-refractivity contribution in [1.29, 1.82) is 0 Å². The van der Waals surface area contributed by atoms with E-state index in [9.17, 15) is 0 Å². The number of hydrogen-bond acceptors (Lipinski definition) is 4. The largest absolute Gasteiger partial charge is 0.396 e. The molecule has 0 aromatic heterocycles. The van der Waals surface area contributed by atoms with E-state index in [1.165, 1.54) is 0 Å². The Morgan fingerprint density at radius 2 is 2.00 bits per heavy atom. The van der Waals surface area contributed by atoms with E-state index in [4.69, 9.17) is 19.3 Å². The molecule has 4 heteroatoms. The summed E-state index contributed by atoms with van der Waals surface area (Å²) in [6.07, 6.45) is 0.956. The standard InChI is InChI=1S/C10H22O4/c1-4-10(9(2)7-11)14-8-13-6-5-12-3/h9-11H,4-8H2,1-3H3. The first-order chi connectivity index (χ1) is 6.76. The van der Waals surface area contributed by atoms with Crippen LogP contribution in [0.15, 0.2) is 0 Å². The number of rotatable bonds is 9. The van der Waals surface area contributed by atoms with E-state index in [1.54, 1.807) is 7.11 Å². The second-order valence-electron chi connectivity index (χ2n) is 3.29. The van der Waals surface area contributed by atoms with Crippen molar-refractivity contribution in [3.63, 3.8) is 0 Å². The monoisotopic (exact) mass is 206 g/mol. The minimum Gasteiger partial charge on any atom is -0.396 e. The second kappa shape index (κ2) is 9.40. The molecule has 2 atom stereocenters. The van der Waals surface area contributed by atoms with Crippen molar-refractivity contribution in [2.75, 3.05) is 33.7 Å². The Morgan fingerprint density at radius 1 is 1.29 bits per heavy atom. The molecule has 0 amide bonds. The smallest absolute Gasteiger partial charge is 0.147 e. The van der Waals surface area contributed by atoms with Crippen LogP contribution in [0.3, 0.4) is 0 Å². The lowest BCUT2D eigenvalue weighted by atomic mass is 10.0. The van der Waals surface area contributed by atoms with E-state index in [-0.39, 0.29) is 25.4 Å². The molecule has 0 aromatic rings. The van der Waals surface area contributed by atoms with E-state index in [2.05, 4.69) is 0 Å². The first-order valence-electron chi connectivity index (χ1n) is 5.05. The minimum atomic E-state index is 0.0718. The van der Waals surface area contributed by atoms with Crippen molar-refractivity contribution in [2.45, 2.75) is 26.4 Å². The molecule has 4 nitrogen and oxygen atoms in total. The fourth-order valence-corrected chi connectivity index (χ4v) is 1.14. The zero-order valence-electron chi connectivity index (χ0n) is 9.36. The highest BCUT2D eigenvalue weighted by Gasteiger charge is 2.14. The predicted octanol–water partition coefficient (Wildman–Crippen LogP) is 1.03. The fourth-order valence-electron chi connectivity index (χ4n) is 1.14. The van der Waals surface area contributed by atoms with Gasteiger partial charge in [-0.2, -0.15) is 0 Å². The van der Waals surface area contributed by atoms with Crippen LogP contribution in [0.2, 0.25) is 0 Å².